The number of hydrogen-bond donors (Lipinski definition) is 1. The summed E-state index contributed by atoms with van der Waals surface area (Å²) in [6.07, 6.45) is 2.11. The zero-order valence-corrected chi connectivity index (χ0v) is 15.5. The first kappa shape index (κ1) is 18.7. The molecule has 6 nitrogen and oxygen atoms in total. The van der Waals surface area contributed by atoms with Crippen molar-refractivity contribution in [1.29, 1.82) is 0 Å². The van der Waals surface area contributed by atoms with Gasteiger partial charge in [0.25, 0.3) is 0 Å². The zero-order valence-electron chi connectivity index (χ0n) is 15.5. The van der Waals surface area contributed by atoms with Gasteiger partial charge >= 0.3 is 0 Å². The molecule has 3 rings (SSSR count). The Hall–Kier alpha value is -2.08. The van der Waals surface area contributed by atoms with Gasteiger partial charge in [-0.3, -0.25) is 9.59 Å². The van der Waals surface area contributed by atoms with Crippen LogP contribution in [0.25, 0.3) is 0 Å². The molecule has 1 aromatic rings. The van der Waals surface area contributed by atoms with Gasteiger partial charge in [0.05, 0.1) is 18.9 Å². The minimum Gasteiger partial charge on any atom is -0.493 e. The van der Waals surface area contributed by atoms with Crippen molar-refractivity contribution in [2.45, 2.75) is 32.2 Å². The molecule has 0 aliphatic carbocycles. The lowest BCUT2D eigenvalue weighted by atomic mass is 9.95. The molecule has 0 saturated carbocycles. The van der Waals surface area contributed by atoms with Gasteiger partial charge in [-0.2, -0.15) is 0 Å². The van der Waals surface area contributed by atoms with Gasteiger partial charge in [0.15, 0.2) is 0 Å². The van der Waals surface area contributed by atoms with Crippen molar-refractivity contribution in [3.8, 4) is 5.75 Å². The highest BCUT2D eigenvalue weighted by molar-refractivity contribution is 5.81. The normalized spacial score (nSPS) is 23.6. The maximum Gasteiger partial charge on any atom is 0.227 e. The molecule has 2 saturated heterocycles. The number of benzene rings is 1. The fourth-order valence-corrected chi connectivity index (χ4v) is 3.74. The van der Waals surface area contributed by atoms with Crippen LogP contribution in [-0.4, -0.2) is 67.0 Å². The topological polar surface area (TPSA) is 61.9 Å². The molecule has 2 unspecified atom stereocenters. The quantitative estimate of drug-likeness (QED) is 0.866. The molecule has 0 bridgehead atoms. The maximum absolute atomic E-state index is 12.9. The van der Waals surface area contributed by atoms with E-state index in [1.165, 1.54) is 0 Å². The van der Waals surface area contributed by atoms with Gasteiger partial charge in [-0.25, -0.2) is 0 Å². The van der Waals surface area contributed by atoms with Crippen molar-refractivity contribution in [2.75, 3.05) is 39.3 Å². The first-order chi connectivity index (χ1) is 12.6. The van der Waals surface area contributed by atoms with E-state index in [-0.39, 0.29) is 23.8 Å². The number of likely N-dealkylation sites (tertiary alicyclic amines) is 1. The Morgan fingerprint density at radius 1 is 1.23 bits per heavy atom. The Morgan fingerprint density at radius 3 is 2.81 bits per heavy atom. The van der Waals surface area contributed by atoms with Crippen molar-refractivity contribution in [1.82, 2.24) is 15.1 Å². The number of amides is 2. The van der Waals surface area contributed by atoms with Crippen LogP contribution in [0.4, 0.5) is 0 Å². The van der Waals surface area contributed by atoms with Crippen LogP contribution in [0.5, 0.6) is 5.75 Å². The first-order valence-corrected chi connectivity index (χ1v) is 9.62. The number of carbonyl (C=O) groups is 2. The van der Waals surface area contributed by atoms with Crippen LogP contribution in [0, 0.1) is 5.92 Å². The Bertz CT molecular complexity index is 608. The lowest BCUT2D eigenvalue weighted by Crippen LogP contribution is -2.56. The van der Waals surface area contributed by atoms with Crippen LogP contribution in [-0.2, 0) is 9.59 Å². The fraction of sp³-hybridized carbons (Fsp3) is 0.600. The maximum atomic E-state index is 12.9. The van der Waals surface area contributed by atoms with E-state index in [1.54, 1.807) is 0 Å². The van der Waals surface area contributed by atoms with E-state index in [4.69, 9.17) is 4.74 Å². The van der Waals surface area contributed by atoms with Crippen LogP contribution < -0.4 is 10.1 Å². The van der Waals surface area contributed by atoms with Gasteiger partial charge in [0.2, 0.25) is 11.8 Å². The van der Waals surface area contributed by atoms with Crippen molar-refractivity contribution in [3.63, 3.8) is 0 Å². The molecule has 2 fully saturated rings. The average molecular weight is 359 g/mol. The minimum absolute atomic E-state index is 0.0664. The van der Waals surface area contributed by atoms with E-state index in [1.807, 2.05) is 40.1 Å². The number of nitrogens with zero attached hydrogens (tertiary/aromatic N) is 2. The monoisotopic (exact) mass is 359 g/mol. The number of nitrogens with one attached hydrogen (secondary N) is 1. The summed E-state index contributed by atoms with van der Waals surface area (Å²) >= 11 is 0. The van der Waals surface area contributed by atoms with E-state index in [2.05, 4.69) is 12.2 Å². The highest BCUT2D eigenvalue weighted by Gasteiger charge is 2.33. The second kappa shape index (κ2) is 9.03. The van der Waals surface area contributed by atoms with Crippen molar-refractivity contribution in [2.24, 2.45) is 5.92 Å². The lowest BCUT2D eigenvalue weighted by molar-refractivity contribution is -0.143. The van der Waals surface area contributed by atoms with E-state index < -0.39 is 0 Å². The summed E-state index contributed by atoms with van der Waals surface area (Å²) in [5.74, 6) is 0.992. The predicted molar refractivity (Wildman–Crippen MR) is 99.9 cm³/mol. The Morgan fingerprint density at radius 2 is 2.04 bits per heavy atom. The van der Waals surface area contributed by atoms with E-state index in [0.29, 0.717) is 19.6 Å². The van der Waals surface area contributed by atoms with E-state index >= 15 is 0 Å². The number of carbonyl (C=O) groups excluding carboxylic acids is 2. The van der Waals surface area contributed by atoms with Crippen molar-refractivity contribution >= 4 is 11.8 Å². The standard InChI is InChI=1S/C20H29N3O3/c1-16-14-21-10-12-23(16)20(25)17-6-5-11-22(15-17)19(24)9-13-26-18-7-3-2-4-8-18/h2-4,7-8,16-17,21H,5-6,9-15H2,1H3. The molecule has 0 aromatic heterocycles. The summed E-state index contributed by atoms with van der Waals surface area (Å²) in [6, 6.07) is 9.75. The van der Waals surface area contributed by atoms with Crippen LogP contribution in [0.2, 0.25) is 0 Å². The van der Waals surface area contributed by atoms with E-state index in [0.717, 1.165) is 44.8 Å². The van der Waals surface area contributed by atoms with Crippen molar-refractivity contribution < 1.29 is 14.3 Å². The Balaban J connectivity index is 1.47. The molecule has 0 radical (unpaired) electrons. The van der Waals surface area contributed by atoms with Gasteiger partial charge in [0.1, 0.15) is 5.75 Å². The van der Waals surface area contributed by atoms with Gasteiger partial charge in [0, 0.05) is 38.8 Å². The summed E-state index contributed by atoms with van der Waals surface area (Å²) in [4.78, 5) is 29.2. The van der Waals surface area contributed by atoms with Crippen LogP contribution >= 0.6 is 0 Å². The number of ether oxygens (including phenoxy) is 1. The smallest absolute Gasteiger partial charge is 0.227 e. The van der Waals surface area contributed by atoms with Gasteiger partial charge < -0.3 is 19.9 Å². The number of piperidine rings is 1. The lowest BCUT2D eigenvalue weighted by Gasteiger charge is -2.39. The van der Waals surface area contributed by atoms with Gasteiger partial charge in [-0.15, -0.1) is 0 Å². The molecule has 142 valence electrons. The highest BCUT2D eigenvalue weighted by atomic mass is 16.5. The largest absolute Gasteiger partial charge is 0.493 e. The average Bonchev–Trinajstić information content (AvgIpc) is 2.69. The molecule has 2 atom stereocenters. The molecule has 2 aliphatic heterocycles. The van der Waals surface area contributed by atoms with Crippen LogP contribution in [0.15, 0.2) is 30.3 Å². The number of hydrogen-bond acceptors (Lipinski definition) is 4. The summed E-state index contributed by atoms with van der Waals surface area (Å²) in [6.45, 7) is 6.18. The molecule has 0 spiro atoms. The van der Waals surface area contributed by atoms with Crippen LogP contribution in [0.3, 0.4) is 0 Å². The second-order valence-corrected chi connectivity index (χ2v) is 7.18. The van der Waals surface area contributed by atoms with Crippen LogP contribution in [0.1, 0.15) is 26.2 Å². The van der Waals surface area contributed by atoms with Crippen molar-refractivity contribution in [3.05, 3.63) is 30.3 Å². The second-order valence-electron chi connectivity index (χ2n) is 7.18. The highest BCUT2D eigenvalue weighted by Crippen LogP contribution is 2.21. The van der Waals surface area contributed by atoms with E-state index in [9.17, 15) is 9.59 Å². The molecule has 1 N–H and O–H groups in total. The first-order valence-electron chi connectivity index (χ1n) is 9.62. The summed E-state index contributed by atoms with van der Waals surface area (Å²) in [5.41, 5.74) is 0. The number of rotatable bonds is 5. The zero-order chi connectivity index (χ0) is 18.4. The predicted octanol–water partition coefficient (Wildman–Crippen LogP) is 1.51. The Kier molecular flexibility index (Phi) is 6.50. The molecule has 1 aromatic carbocycles. The third kappa shape index (κ3) is 4.75. The molecular formula is C20H29N3O3. The SMILES string of the molecule is CC1CNCCN1C(=O)C1CCCN(C(=O)CCOc2ccccc2)C1. The Labute approximate surface area is 155 Å². The molecule has 2 heterocycles. The minimum atomic E-state index is -0.0664. The molecule has 6 heteroatoms. The molecular weight excluding hydrogens is 330 g/mol. The van der Waals surface area contributed by atoms with Gasteiger partial charge in [-0.05, 0) is 31.9 Å². The summed E-state index contributed by atoms with van der Waals surface area (Å²) in [5, 5.41) is 3.31. The third-order valence-corrected chi connectivity index (χ3v) is 5.24. The molecule has 26 heavy (non-hydrogen) atoms. The number of para-hydroxylation sites is 1. The number of piperazine rings is 1. The molecule has 2 amide bonds. The summed E-state index contributed by atoms with van der Waals surface area (Å²) < 4.78 is 5.62. The third-order valence-electron chi connectivity index (χ3n) is 5.24. The molecule has 2 aliphatic rings. The fourth-order valence-electron chi connectivity index (χ4n) is 3.74. The summed E-state index contributed by atoms with van der Waals surface area (Å²) in [7, 11) is 0. The van der Waals surface area contributed by atoms with Gasteiger partial charge in [-0.1, -0.05) is 18.2 Å².